The Morgan fingerprint density at radius 1 is 1.30 bits per heavy atom. The lowest BCUT2D eigenvalue weighted by Gasteiger charge is -2.30. The molecule has 3 heterocycles. The highest BCUT2D eigenvalue weighted by Gasteiger charge is 2.49. The van der Waals surface area contributed by atoms with E-state index in [9.17, 15) is 4.79 Å². The van der Waals surface area contributed by atoms with Crippen LogP contribution < -0.4 is 16.0 Å². The zero-order valence-corrected chi connectivity index (χ0v) is 16.0. The summed E-state index contributed by atoms with van der Waals surface area (Å²) in [4.78, 5) is 16.8. The smallest absolute Gasteiger partial charge is 0.263 e. The minimum Gasteiger partial charge on any atom is -0.344 e. The van der Waals surface area contributed by atoms with E-state index < -0.39 is 0 Å². The van der Waals surface area contributed by atoms with Crippen LogP contribution in [0.15, 0.2) is 22.1 Å². The zero-order valence-electron chi connectivity index (χ0n) is 16.0. The second-order valence-corrected chi connectivity index (χ2v) is 8.32. The van der Waals surface area contributed by atoms with Crippen molar-refractivity contribution in [3.05, 3.63) is 29.3 Å². The molecular weight excluding hydrogens is 344 g/mol. The fourth-order valence-corrected chi connectivity index (χ4v) is 3.83. The molecule has 8 nitrogen and oxygen atoms in total. The van der Waals surface area contributed by atoms with Gasteiger partial charge in [-0.1, -0.05) is 19.0 Å². The number of nitrogens with zero attached hydrogens (tertiary/aromatic N) is 2. The molecule has 4 N–H and O–H groups in total. The average Bonchev–Trinajstić information content (AvgIpc) is 3.02. The lowest BCUT2D eigenvalue weighted by molar-refractivity contribution is -0.116. The second kappa shape index (κ2) is 6.60. The predicted molar refractivity (Wildman–Crippen MR) is 101 cm³/mol. The third kappa shape index (κ3) is 3.53. The Labute approximate surface area is 158 Å². The van der Waals surface area contributed by atoms with Crippen LogP contribution in [0.25, 0.3) is 5.57 Å². The Kier molecular flexibility index (Phi) is 4.38. The SMILES string of the molecule is CC(=N)/C(=C1/NC(=O)C=C(C2CCNCC2)N1)c1nc(C2CC2(C)C)no1. The Hall–Kier alpha value is -2.48. The van der Waals surface area contributed by atoms with Crippen LogP contribution in [0.3, 0.4) is 0 Å². The van der Waals surface area contributed by atoms with Crippen molar-refractivity contribution in [1.29, 1.82) is 5.41 Å². The maximum atomic E-state index is 12.3. The van der Waals surface area contributed by atoms with E-state index in [0.717, 1.165) is 38.0 Å². The van der Waals surface area contributed by atoms with E-state index in [-0.39, 0.29) is 28.8 Å². The van der Waals surface area contributed by atoms with E-state index in [1.165, 1.54) is 0 Å². The van der Waals surface area contributed by atoms with Crippen LogP contribution in [0, 0.1) is 16.7 Å². The fourth-order valence-electron chi connectivity index (χ4n) is 3.83. The van der Waals surface area contributed by atoms with Gasteiger partial charge in [0.2, 0.25) is 0 Å². The molecule has 0 radical (unpaired) electrons. The molecule has 2 aliphatic heterocycles. The minimum absolute atomic E-state index is 0.191. The number of piperidine rings is 1. The summed E-state index contributed by atoms with van der Waals surface area (Å²) in [5.41, 5.74) is 1.78. The standard InChI is InChI=1S/C19H26N6O2/c1-10(20)15(18-24-16(25-27-18)12-9-19(12,2)3)17-22-13(8-14(26)23-17)11-4-6-21-7-5-11/h8,11-12,20-22H,4-7,9H2,1-3H3,(H,23,26)/b17-15-,20-10?. The first-order valence-electron chi connectivity index (χ1n) is 9.49. The Bertz CT molecular complexity index is 844. The van der Waals surface area contributed by atoms with Crippen LogP contribution in [0.1, 0.15) is 57.7 Å². The minimum atomic E-state index is -0.195. The molecule has 27 heavy (non-hydrogen) atoms. The number of aromatic nitrogens is 2. The number of carbonyl (C=O) groups is 1. The van der Waals surface area contributed by atoms with E-state index in [0.29, 0.717) is 23.1 Å². The van der Waals surface area contributed by atoms with Gasteiger partial charge in [-0.05, 0) is 44.7 Å². The number of allylic oxidation sites excluding steroid dienone is 2. The van der Waals surface area contributed by atoms with Crippen LogP contribution in [0.5, 0.6) is 0 Å². The lowest BCUT2D eigenvalue weighted by Crippen LogP contribution is -2.41. The van der Waals surface area contributed by atoms with Gasteiger partial charge in [0, 0.05) is 29.3 Å². The van der Waals surface area contributed by atoms with Crippen molar-refractivity contribution in [3.8, 4) is 0 Å². The van der Waals surface area contributed by atoms with Crippen molar-refractivity contribution in [2.45, 2.75) is 46.0 Å². The fraction of sp³-hybridized carbons (Fsp3) is 0.579. The van der Waals surface area contributed by atoms with Gasteiger partial charge in [0.1, 0.15) is 11.4 Å². The van der Waals surface area contributed by atoms with Crippen LogP contribution in [0.4, 0.5) is 0 Å². The van der Waals surface area contributed by atoms with Crippen molar-refractivity contribution >= 4 is 17.2 Å². The van der Waals surface area contributed by atoms with Crippen molar-refractivity contribution in [2.75, 3.05) is 13.1 Å². The van der Waals surface area contributed by atoms with Gasteiger partial charge in [0.15, 0.2) is 5.82 Å². The summed E-state index contributed by atoms with van der Waals surface area (Å²) in [6.07, 6.45) is 4.58. The van der Waals surface area contributed by atoms with Gasteiger partial charge in [0.05, 0.1) is 0 Å². The van der Waals surface area contributed by atoms with Gasteiger partial charge < -0.3 is 25.9 Å². The second-order valence-electron chi connectivity index (χ2n) is 8.32. The van der Waals surface area contributed by atoms with Gasteiger partial charge in [-0.3, -0.25) is 4.79 Å². The zero-order chi connectivity index (χ0) is 19.2. The molecule has 1 aromatic rings. The molecule has 3 aliphatic rings. The first-order chi connectivity index (χ1) is 12.8. The van der Waals surface area contributed by atoms with Crippen LogP contribution in [-0.2, 0) is 4.79 Å². The molecule has 0 spiro atoms. The lowest BCUT2D eigenvalue weighted by atomic mass is 9.93. The summed E-state index contributed by atoms with van der Waals surface area (Å²) in [6.45, 7) is 7.88. The van der Waals surface area contributed by atoms with Crippen molar-refractivity contribution in [3.63, 3.8) is 0 Å². The molecule has 8 heteroatoms. The van der Waals surface area contributed by atoms with Gasteiger partial charge in [-0.2, -0.15) is 4.98 Å². The molecule has 2 fully saturated rings. The predicted octanol–water partition coefficient (Wildman–Crippen LogP) is 1.89. The number of rotatable bonds is 4. The molecular formula is C19H26N6O2. The topological polar surface area (TPSA) is 116 Å². The summed E-state index contributed by atoms with van der Waals surface area (Å²) >= 11 is 0. The van der Waals surface area contributed by atoms with Gasteiger partial charge in [-0.15, -0.1) is 0 Å². The van der Waals surface area contributed by atoms with Gasteiger partial charge in [0.25, 0.3) is 11.8 Å². The first-order valence-corrected chi connectivity index (χ1v) is 9.49. The molecule has 1 amide bonds. The first kappa shape index (κ1) is 17.9. The summed E-state index contributed by atoms with van der Waals surface area (Å²) in [5.74, 6) is 1.78. The van der Waals surface area contributed by atoms with Gasteiger partial charge >= 0.3 is 0 Å². The maximum absolute atomic E-state index is 12.3. The maximum Gasteiger partial charge on any atom is 0.263 e. The molecule has 1 atom stereocenters. The van der Waals surface area contributed by atoms with E-state index >= 15 is 0 Å². The average molecular weight is 370 g/mol. The molecule has 144 valence electrons. The molecule has 1 aliphatic carbocycles. The number of amides is 1. The van der Waals surface area contributed by atoms with E-state index in [1.807, 2.05) is 0 Å². The highest BCUT2D eigenvalue weighted by Crippen LogP contribution is 2.57. The van der Waals surface area contributed by atoms with Crippen molar-refractivity contribution in [1.82, 2.24) is 26.1 Å². The van der Waals surface area contributed by atoms with Crippen molar-refractivity contribution in [2.24, 2.45) is 11.3 Å². The van der Waals surface area contributed by atoms with Crippen LogP contribution in [-0.4, -0.2) is 34.8 Å². The summed E-state index contributed by atoms with van der Waals surface area (Å²) in [7, 11) is 0. The molecule has 4 rings (SSSR count). The highest BCUT2D eigenvalue weighted by molar-refractivity contribution is 6.21. The van der Waals surface area contributed by atoms with E-state index in [1.54, 1.807) is 13.0 Å². The quantitative estimate of drug-likeness (QED) is 0.602. The third-order valence-electron chi connectivity index (χ3n) is 5.69. The molecule has 0 aromatic carbocycles. The van der Waals surface area contributed by atoms with Crippen LogP contribution in [0.2, 0.25) is 0 Å². The number of carbonyl (C=O) groups excluding carboxylic acids is 1. The molecule has 0 bridgehead atoms. The Morgan fingerprint density at radius 3 is 2.63 bits per heavy atom. The molecule has 1 saturated heterocycles. The van der Waals surface area contributed by atoms with Gasteiger partial charge in [-0.25, -0.2) is 0 Å². The van der Waals surface area contributed by atoms with E-state index in [4.69, 9.17) is 9.93 Å². The number of nitrogens with one attached hydrogen (secondary N) is 4. The Morgan fingerprint density at radius 2 is 2.00 bits per heavy atom. The summed E-state index contributed by atoms with van der Waals surface area (Å²) in [6, 6.07) is 0. The monoisotopic (exact) mass is 370 g/mol. The Balaban J connectivity index is 1.64. The highest BCUT2D eigenvalue weighted by atomic mass is 16.5. The largest absolute Gasteiger partial charge is 0.344 e. The number of hydrogen-bond donors (Lipinski definition) is 4. The molecule has 1 unspecified atom stereocenters. The summed E-state index contributed by atoms with van der Waals surface area (Å²) in [5, 5.41) is 21.8. The van der Waals surface area contributed by atoms with E-state index in [2.05, 4.69) is 39.9 Å². The van der Waals surface area contributed by atoms with Crippen molar-refractivity contribution < 1.29 is 9.32 Å². The third-order valence-corrected chi connectivity index (χ3v) is 5.69. The molecule has 1 aromatic heterocycles. The molecule has 1 saturated carbocycles. The van der Waals surface area contributed by atoms with Crippen LogP contribution >= 0.6 is 0 Å². The normalized spacial score (nSPS) is 26.7. The number of hydrogen-bond acceptors (Lipinski definition) is 7. The summed E-state index contributed by atoms with van der Waals surface area (Å²) < 4.78 is 5.47.